The van der Waals surface area contributed by atoms with E-state index in [0.29, 0.717) is 29.2 Å². The topological polar surface area (TPSA) is 80.6 Å². The zero-order chi connectivity index (χ0) is 20.6. The second-order valence-corrected chi connectivity index (χ2v) is 6.27. The summed E-state index contributed by atoms with van der Waals surface area (Å²) in [6, 6.07) is 15.6. The van der Waals surface area contributed by atoms with Gasteiger partial charge < -0.3 is 19.8 Å². The van der Waals surface area contributed by atoms with Crippen molar-refractivity contribution in [3.63, 3.8) is 0 Å². The zero-order valence-corrected chi connectivity index (χ0v) is 15.9. The first-order valence-corrected chi connectivity index (χ1v) is 9.19. The maximum absolute atomic E-state index is 13.0. The Labute approximate surface area is 167 Å². The van der Waals surface area contributed by atoms with Crippen LogP contribution in [0, 0.1) is 5.82 Å². The van der Waals surface area contributed by atoms with E-state index >= 15 is 0 Å². The predicted octanol–water partition coefficient (Wildman–Crippen LogP) is 4.14. The minimum Gasteiger partial charge on any atom is -0.481 e. The molecule has 0 bridgehead atoms. The molecule has 1 aromatic heterocycles. The van der Waals surface area contributed by atoms with Crippen LogP contribution >= 0.6 is 0 Å². The number of nitrogens with one attached hydrogen (secondary N) is 2. The molecule has 6 nitrogen and oxygen atoms in total. The first kappa shape index (κ1) is 20.1. The third-order valence-corrected chi connectivity index (χ3v) is 4.19. The van der Waals surface area contributed by atoms with Gasteiger partial charge in [0.1, 0.15) is 17.3 Å². The van der Waals surface area contributed by atoms with Crippen molar-refractivity contribution >= 4 is 17.5 Å². The molecule has 2 amide bonds. The van der Waals surface area contributed by atoms with Crippen LogP contribution < -0.4 is 15.4 Å². The highest BCUT2D eigenvalue weighted by Gasteiger charge is 2.21. The number of hydrogen-bond donors (Lipinski definition) is 2. The highest BCUT2D eigenvalue weighted by atomic mass is 19.1. The summed E-state index contributed by atoms with van der Waals surface area (Å²) in [5.41, 5.74) is 0.694. The molecule has 0 radical (unpaired) electrons. The second kappa shape index (κ2) is 9.54. The van der Waals surface area contributed by atoms with E-state index in [2.05, 4.69) is 10.6 Å². The van der Waals surface area contributed by atoms with Gasteiger partial charge in [0.05, 0.1) is 24.1 Å². The monoisotopic (exact) mass is 396 g/mol. The Morgan fingerprint density at radius 3 is 2.52 bits per heavy atom. The molecule has 7 heteroatoms. The van der Waals surface area contributed by atoms with E-state index in [9.17, 15) is 14.0 Å². The Morgan fingerprint density at radius 1 is 1.07 bits per heavy atom. The smallest absolute Gasteiger partial charge is 0.265 e. The minimum atomic E-state index is -0.792. The van der Waals surface area contributed by atoms with Crippen LogP contribution in [0.15, 0.2) is 71.3 Å². The zero-order valence-electron chi connectivity index (χ0n) is 15.9. The fourth-order valence-electron chi connectivity index (χ4n) is 2.68. The number of hydrogen-bond acceptors (Lipinski definition) is 4. The van der Waals surface area contributed by atoms with Crippen molar-refractivity contribution in [2.75, 3.05) is 5.32 Å². The van der Waals surface area contributed by atoms with Crippen LogP contribution in [0.25, 0.3) is 0 Å². The average Bonchev–Trinajstić information content (AvgIpc) is 3.25. The van der Waals surface area contributed by atoms with Crippen molar-refractivity contribution < 1.29 is 23.1 Å². The number of halogens is 1. The summed E-state index contributed by atoms with van der Waals surface area (Å²) in [4.78, 5) is 25.2. The SMILES string of the molecule is CC[C@@H](Oc1ccc(F)cc1)C(=O)Nc1ccccc1C(=O)NCc1ccco1. The van der Waals surface area contributed by atoms with Crippen LogP contribution in [0.1, 0.15) is 29.5 Å². The molecule has 0 spiro atoms. The van der Waals surface area contributed by atoms with Crippen LogP contribution in [-0.2, 0) is 11.3 Å². The predicted molar refractivity (Wildman–Crippen MR) is 106 cm³/mol. The van der Waals surface area contributed by atoms with Crippen LogP contribution in [0.3, 0.4) is 0 Å². The molecule has 2 aromatic carbocycles. The summed E-state index contributed by atoms with van der Waals surface area (Å²) in [6.45, 7) is 2.04. The van der Waals surface area contributed by atoms with E-state index in [1.807, 2.05) is 0 Å². The summed E-state index contributed by atoms with van der Waals surface area (Å²) in [5.74, 6) is -0.117. The highest BCUT2D eigenvalue weighted by molar-refractivity contribution is 6.04. The van der Waals surface area contributed by atoms with Crippen LogP contribution in [0.2, 0.25) is 0 Å². The molecule has 0 aliphatic rings. The molecule has 0 unspecified atom stereocenters. The molecule has 3 rings (SSSR count). The quantitative estimate of drug-likeness (QED) is 0.600. The maximum Gasteiger partial charge on any atom is 0.265 e. The number of ether oxygens (including phenoxy) is 1. The lowest BCUT2D eigenvalue weighted by Gasteiger charge is -2.18. The molecule has 1 heterocycles. The maximum atomic E-state index is 13.0. The van der Waals surface area contributed by atoms with Gasteiger partial charge in [-0.15, -0.1) is 0 Å². The van der Waals surface area contributed by atoms with Crippen LogP contribution in [0.4, 0.5) is 10.1 Å². The van der Waals surface area contributed by atoms with Gasteiger partial charge in [0.2, 0.25) is 0 Å². The first-order valence-electron chi connectivity index (χ1n) is 9.19. The van der Waals surface area contributed by atoms with Crippen LogP contribution in [0.5, 0.6) is 5.75 Å². The molecule has 0 fully saturated rings. The number of carbonyl (C=O) groups excluding carboxylic acids is 2. The van der Waals surface area contributed by atoms with E-state index in [0.717, 1.165) is 0 Å². The van der Waals surface area contributed by atoms with Gasteiger partial charge in [-0.2, -0.15) is 0 Å². The van der Waals surface area contributed by atoms with Crippen molar-refractivity contribution in [1.82, 2.24) is 5.32 Å². The summed E-state index contributed by atoms with van der Waals surface area (Å²) >= 11 is 0. The Kier molecular flexibility index (Phi) is 6.63. The normalized spacial score (nSPS) is 11.5. The standard InChI is InChI=1S/C22H21FN2O4/c1-2-20(29-16-11-9-15(23)10-12-16)22(27)25-19-8-4-3-7-18(19)21(26)24-14-17-6-5-13-28-17/h3-13,20H,2,14H2,1H3,(H,24,26)(H,25,27)/t20-/m1/s1. The first-order chi connectivity index (χ1) is 14.1. The van der Waals surface area contributed by atoms with Crippen molar-refractivity contribution in [2.45, 2.75) is 26.0 Å². The lowest BCUT2D eigenvalue weighted by molar-refractivity contribution is -0.122. The molecular weight excluding hydrogens is 375 g/mol. The average molecular weight is 396 g/mol. The molecule has 150 valence electrons. The number of carbonyl (C=O) groups is 2. The van der Waals surface area contributed by atoms with Gasteiger partial charge >= 0.3 is 0 Å². The fourth-order valence-corrected chi connectivity index (χ4v) is 2.68. The van der Waals surface area contributed by atoms with Gasteiger partial charge in [0.25, 0.3) is 11.8 Å². The Morgan fingerprint density at radius 2 is 1.83 bits per heavy atom. The van der Waals surface area contributed by atoms with Gasteiger partial charge in [0.15, 0.2) is 6.10 Å². The highest BCUT2D eigenvalue weighted by Crippen LogP contribution is 2.19. The molecule has 29 heavy (non-hydrogen) atoms. The van der Waals surface area contributed by atoms with Crippen molar-refractivity contribution in [3.8, 4) is 5.75 Å². The number of anilines is 1. The van der Waals surface area contributed by atoms with Gasteiger partial charge in [0, 0.05) is 0 Å². The summed E-state index contributed by atoms with van der Waals surface area (Å²) in [5, 5.41) is 5.50. The van der Waals surface area contributed by atoms with E-state index < -0.39 is 12.0 Å². The van der Waals surface area contributed by atoms with Gasteiger partial charge in [-0.1, -0.05) is 19.1 Å². The van der Waals surface area contributed by atoms with Crippen molar-refractivity contribution in [3.05, 3.63) is 84.1 Å². The number of benzene rings is 2. The van der Waals surface area contributed by atoms with Gasteiger partial charge in [-0.05, 0) is 55.0 Å². The molecule has 0 aliphatic carbocycles. The Bertz CT molecular complexity index is 955. The Balaban J connectivity index is 1.67. The molecule has 3 aromatic rings. The molecule has 2 N–H and O–H groups in total. The third kappa shape index (κ3) is 5.44. The lowest BCUT2D eigenvalue weighted by Crippen LogP contribution is -2.33. The third-order valence-electron chi connectivity index (χ3n) is 4.19. The van der Waals surface area contributed by atoms with E-state index in [4.69, 9.17) is 9.15 Å². The Hall–Kier alpha value is -3.61. The molecular formula is C22H21FN2O4. The summed E-state index contributed by atoms with van der Waals surface area (Å²) < 4.78 is 23.9. The molecule has 0 saturated carbocycles. The molecule has 1 atom stereocenters. The lowest BCUT2D eigenvalue weighted by atomic mass is 10.1. The number of rotatable bonds is 8. The minimum absolute atomic E-state index is 0.235. The van der Waals surface area contributed by atoms with E-state index in [1.165, 1.54) is 30.5 Å². The van der Waals surface area contributed by atoms with Crippen molar-refractivity contribution in [2.24, 2.45) is 0 Å². The van der Waals surface area contributed by atoms with E-state index in [-0.39, 0.29) is 18.3 Å². The van der Waals surface area contributed by atoms with Gasteiger partial charge in [-0.25, -0.2) is 4.39 Å². The number of amides is 2. The van der Waals surface area contributed by atoms with Crippen molar-refractivity contribution in [1.29, 1.82) is 0 Å². The summed E-state index contributed by atoms with van der Waals surface area (Å²) in [6.07, 6.45) is 1.14. The summed E-state index contributed by atoms with van der Waals surface area (Å²) in [7, 11) is 0. The molecule has 0 aliphatic heterocycles. The van der Waals surface area contributed by atoms with E-state index in [1.54, 1.807) is 43.3 Å². The molecule has 0 saturated heterocycles. The second-order valence-electron chi connectivity index (χ2n) is 6.27. The fraction of sp³-hybridized carbons (Fsp3) is 0.182. The number of para-hydroxylation sites is 1. The van der Waals surface area contributed by atoms with Crippen LogP contribution in [-0.4, -0.2) is 17.9 Å². The number of furan rings is 1. The largest absolute Gasteiger partial charge is 0.481 e. The van der Waals surface area contributed by atoms with Gasteiger partial charge in [-0.3, -0.25) is 9.59 Å².